The first-order valence-electron chi connectivity index (χ1n) is 7.87. The number of nitrogens with zero attached hydrogens (tertiary/aromatic N) is 2. The maximum Gasteiger partial charge on any atom is 0.228 e. The number of aryl methyl sites for hydroxylation is 1. The predicted molar refractivity (Wildman–Crippen MR) is 87.9 cm³/mol. The van der Waals surface area contributed by atoms with E-state index in [4.69, 9.17) is 4.52 Å². The van der Waals surface area contributed by atoms with Crippen LogP contribution >= 0.6 is 0 Å². The molecule has 23 heavy (non-hydrogen) atoms. The van der Waals surface area contributed by atoms with Gasteiger partial charge in [0.15, 0.2) is 5.82 Å². The maximum absolute atomic E-state index is 12.2. The Morgan fingerprint density at radius 3 is 2.65 bits per heavy atom. The highest BCUT2D eigenvalue weighted by molar-refractivity contribution is 7.90. The Morgan fingerprint density at radius 1 is 1.48 bits per heavy atom. The first-order chi connectivity index (χ1) is 10.7. The molecule has 0 spiro atoms. The van der Waals surface area contributed by atoms with E-state index >= 15 is 0 Å². The van der Waals surface area contributed by atoms with Crippen LogP contribution in [0.2, 0.25) is 0 Å². The third-order valence-electron chi connectivity index (χ3n) is 3.99. The minimum absolute atomic E-state index is 0.0258. The standard InChI is InChI=1S/C15H25N3O4S/c1-11(10-23(3,20)21)9-18-6-4-13(5-7-18)15(19)16-14-8-12(2)22-17-14/h8,11,13H,4-7,9-10H2,1-3H3,(H,16,17,19). The molecule has 1 unspecified atom stereocenters. The van der Waals surface area contributed by atoms with Crippen LogP contribution in [0, 0.1) is 18.8 Å². The Hall–Kier alpha value is -1.41. The van der Waals surface area contributed by atoms with E-state index in [1.54, 1.807) is 13.0 Å². The maximum atomic E-state index is 12.2. The summed E-state index contributed by atoms with van der Waals surface area (Å²) in [5.74, 6) is 1.37. The minimum atomic E-state index is -2.94. The largest absolute Gasteiger partial charge is 0.360 e. The van der Waals surface area contributed by atoms with Crippen LogP contribution in [0.1, 0.15) is 25.5 Å². The molecule has 0 saturated carbocycles. The van der Waals surface area contributed by atoms with Crippen molar-refractivity contribution in [1.29, 1.82) is 0 Å². The van der Waals surface area contributed by atoms with E-state index in [-0.39, 0.29) is 23.5 Å². The van der Waals surface area contributed by atoms with Gasteiger partial charge in [-0.25, -0.2) is 8.42 Å². The third kappa shape index (κ3) is 5.95. The number of carbonyl (C=O) groups excluding carboxylic acids is 1. The van der Waals surface area contributed by atoms with Gasteiger partial charge in [0.1, 0.15) is 15.6 Å². The minimum Gasteiger partial charge on any atom is -0.360 e. The van der Waals surface area contributed by atoms with Gasteiger partial charge in [0.25, 0.3) is 0 Å². The average Bonchev–Trinajstić information content (AvgIpc) is 2.82. The lowest BCUT2D eigenvalue weighted by molar-refractivity contribution is -0.121. The molecule has 1 aromatic rings. The summed E-state index contributed by atoms with van der Waals surface area (Å²) < 4.78 is 27.6. The quantitative estimate of drug-likeness (QED) is 0.837. The molecule has 2 rings (SSSR count). The summed E-state index contributed by atoms with van der Waals surface area (Å²) in [7, 11) is -2.94. The highest BCUT2D eigenvalue weighted by atomic mass is 32.2. The molecule has 2 heterocycles. The van der Waals surface area contributed by atoms with E-state index in [2.05, 4.69) is 15.4 Å². The summed E-state index contributed by atoms with van der Waals surface area (Å²) in [6, 6.07) is 1.69. The number of anilines is 1. The fourth-order valence-corrected chi connectivity index (χ4v) is 4.18. The number of aromatic nitrogens is 1. The molecule has 0 aliphatic carbocycles. The number of sulfone groups is 1. The summed E-state index contributed by atoms with van der Waals surface area (Å²) in [4.78, 5) is 14.4. The van der Waals surface area contributed by atoms with Gasteiger partial charge in [-0.1, -0.05) is 12.1 Å². The number of likely N-dealkylation sites (tertiary alicyclic amines) is 1. The van der Waals surface area contributed by atoms with E-state index in [1.807, 2.05) is 6.92 Å². The van der Waals surface area contributed by atoms with Crippen LogP contribution in [0.15, 0.2) is 10.6 Å². The number of hydrogen-bond donors (Lipinski definition) is 1. The number of amides is 1. The first kappa shape index (κ1) is 17.9. The molecule has 1 amide bonds. The van der Waals surface area contributed by atoms with Crippen molar-refractivity contribution >= 4 is 21.6 Å². The topological polar surface area (TPSA) is 92.5 Å². The molecular weight excluding hydrogens is 318 g/mol. The highest BCUT2D eigenvalue weighted by Crippen LogP contribution is 2.20. The smallest absolute Gasteiger partial charge is 0.228 e. The van der Waals surface area contributed by atoms with Crippen LogP contribution < -0.4 is 5.32 Å². The Labute approximate surface area is 137 Å². The van der Waals surface area contributed by atoms with Gasteiger partial charge in [-0.15, -0.1) is 0 Å². The van der Waals surface area contributed by atoms with Gasteiger partial charge in [-0.05, 0) is 38.8 Å². The zero-order valence-electron chi connectivity index (χ0n) is 13.9. The van der Waals surface area contributed by atoms with Gasteiger partial charge in [0.2, 0.25) is 5.91 Å². The number of carbonyl (C=O) groups is 1. The van der Waals surface area contributed by atoms with Crippen LogP contribution in [0.3, 0.4) is 0 Å². The first-order valence-corrected chi connectivity index (χ1v) is 9.93. The normalized spacial score (nSPS) is 18.7. The van der Waals surface area contributed by atoms with Crippen molar-refractivity contribution in [1.82, 2.24) is 10.1 Å². The molecule has 1 aliphatic rings. The van der Waals surface area contributed by atoms with Crippen LogP contribution in [0.4, 0.5) is 5.82 Å². The van der Waals surface area contributed by atoms with Crippen molar-refractivity contribution in [3.63, 3.8) is 0 Å². The summed E-state index contributed by atoms with van der Waals surface area (Å²) in [6.07, 6.45) is 2.81. The van der Waals surface area contributed by atoms with Gasteiger partial charge in [-0.2, -0.15) is 0 Å². The summed E-state index contributed by atoms with van der Waals surface area (Å²) in [5.41, 5.74) is 0. The molecule has 8 heteroatoms. The highest BCUT2D eigenvalue weighted by Gasteiger charge is 2.26. The average molecular weight is 343 g/mol. The summed E-state index contributed by atoms with van der Waals surface area (Å²) in [6.45, 7) is 6.10. The molecule has 1 atom stereocenters. The second-order valence-corrected chi connectivity index (χ2v) is 8.77. The van der Waals surface area contributed by atoms with Crippen molar-refractivity contribution in [3.05, 3.63) is 11.8 Å². The zero-order chi connectivity index (χ0) is 17.0. The number of rotatable bonds is 6. The molecular formula is C15H25N3O4S. The molecule has 0 aromatic carbocycles. The van der Waals surface area contributed by atoms with E-state index in [9.17, 15) is 13.2 Å². The molecule has 0 bridgehead atoms. The van der Waals surface area contributed by atoms with Crippen molar-refractivity contribution in [2.24, 2.45) is 11.8 Å². The summed E-state index contributed by atoms with van der Waals surface area (Å²) in [5, 5.41) is 6.54. The van der Waals surface area contributed by atoms with E-state index in [0.717, 1.165) is 32.5 Å². The van der Waals surface area contributed by atoms with Crippen LogP contribution in [0.25, 0.3) is 0 Å². The predicted octanol–water partition coefficient (Wildman–Crippen LogP) is 1.31. The lowest BCUT2D eigenvalue weighted by Gasteiger charge is -2.32. The van der Waals surface area contributed by atoms with Gasteiger partial charge < -0.3 is 14.7 Å². The molecule has 130 valence electrons. The van der Waals surface area contributed by atoms with Gasteiger partial charge in [0, 0.05) is 24.8 Å². The van der Waals surface area contributed by atoms with Crippen molar-refractivity contribution in [2.45, 2.75) is 26.7 Å². The van der Waals surface area contributed by atoms with Gasteiger partial charge in [0.05, 0.1) is 5.75 Å². The van der Waals surface area contributed by atoms with Crippen LogP contribution in [-0.4, -0.2) is 56.0 Å². The second-order valence-electron chi connectivity index (χ2n) is 6.58. The Morgan fingerprint density at radius 2 is 2.13 bits per heavy atom. The lowest BCUT2D eigenvalue weighted by atomic mass is 9.95. The fraction of sp³-hybridized carbons (Fsp3) is 0.733. The number of nitrogens with one attached hydrogen (secondary N) is 1. The summed E-state index contributed by atoms with van der Waals surface area (Å²) >= 11 is 0. The van der Waals surface area contributed by atoms with Crippen LogP contribution in [0.5, 0.6) is 0 Å². The fourth-order valence-electron chi connectivity index (χ4n) is 3.04. The van der Waals surface area contributed by atoms with Crippen LogP contribution in [-0.2, 0) is 14.6 Å². The molecule has 1 aliphatic heterocycles. The van der Waals surface area contributed by atoms with E-state index < -0.39 is 9.84 Å². The molecule has 1 fully saturated rings. The molecule has 0 radical (unpaired) electrons. The molecule has 1 aromatic heterocycles. The molecule has 1 N–H and O–H groups in total. The Balaban J connectivity index is 1.76. The number of piperidine rings is 1. The molecule has 1 saturated heterocycles. The van der Waals surface area contributed by atoms with Gasteiger partial charge in [-0.3, -0.25) is 4.79 Å². The third-order valence-corrected chi connectivity index (χ3v) is 5.17. The number of hydrogen-bond acceptors (Lipinski definition) is 6. The Kier molecular flexibility index (Phi) is 5.80. The monoisotopic (exact) mass is 343 g/mol. The van der Waals surface area contributed by atoms with Gasteiger partial charge >= 0.3 is 0 Å². The van der Waals surface area contributed by atoms with E-state index in [0.29, 0.717) is 11.6 Å². The molecule has 7 nitrogen and oxygen atoms in total. The van der Waals surface area contributed by atoms with Crippen molar-refractivity contribution < 1.29 is 17.7 Å². The SMILES string of the molecule is Cc1cc(NC(=O)C2CCN(CC(C)CS(C)(=O)=O)CC2)no1. The second kappa shape index (κ2) is 7.44. The lowest BCUT2D eigenvalue weighted by Crippen LogP contribution is -2.40. The Bertz CT molecular complexity index is 633. The van der Waals surface area contributed by atoms with Crippen molar-refractivity contribution in [3.8, 4) is 0 Å². The van der Waals surface area contributed by atoms with E-state index in [1.165, 1.54) is 6.26 Å². The van der Waals surface area contributed by atoms with Crippen molar-refractivity contribution in [2.75, 3.05) is 37.0 Å². The zero-order valence-corrected chi connectivity index (χ0v) is 14.7.